The molecule has 6 nitrogen and oxygen atoms in total. The number of hydrogen-bond donors (Lipinski definition) is 2. The van der Waals surface area contributed by atoms with Crippen molar-refractivity contribution in [1.29, 1.82) is 0 Å². The molecule has 112 valence electrons. The minimum Gasteiger partial charge on any atom is -0.467 e. The number of hydrogen-bond acceptors (Lipinski definition) is 5. The van der Waals surface area contributed by atoms with E-state index in [0.29, 0.717) is 28.5 Å². The molecule has 1 aliphatic rings. The summed E-state index contributed by atoms with van der Waals surface area (Å²) in [6.45, 7) is 0.265. The molecule has 0 saturated heterocycles. The van der Waals surface area contributed by atoms with Gasteiger partial charge in [-0.15, -0.1) is 0 Å². The van der Waals surface area contributed by atoms with E-state index in [2.05, 4.69) is 10.3 Å². The van der Waals surface area contributed by atoms with Gasteiger partial charge in [-0.2, -0.15) is 0 Å². The van der Waals surface area contributed by atoms with Crippen LogP contribution in [0.4, 0.5) is 5.69 Å². The number of nitrogens with two attached hydrogens (primary N) is 1. The average molecular weight is 297 g/mol. The van der Waals surface area contributed by atoms with Gasteiger partial charge < -0.3 is 19.9 Å². The maximum Gasteiger partial charge on any atom is 0.258 e. The van der Waals surface area contributed by atoms with Crippen LogP contribution in [-0.4, -0.2) is 10.9 Å². The molecule has 1 amide bonds. The van der Waals surface area contributed by atoms with Crippen molar-refractivity contribution in [3.8, 4) is 0 Å². The van der Waals surface area contributed by atoms with Crippen LogP contribution in [0.2, 0.25) is 0 Å². The van der Waals surface area contributed by atoms with E-state index in [9.17, 15) is 4.79 Å². The van der Waals surface area contributed by atoms with Gasteiger partial charge in [-0.05, 0) is 31.0 Å². The maximum atomic E-state index is 12.1. The smallest absolute Gasteiger partial charge is 0.258 e. The topological polar surface area (TPSA) is 94.3 Å². The van der Waals surface area contributed by atoms with Crippen LogP contribution < -0.4 is 11.1 Å². The fourth-order valence-electron chi connectivity index (χ4n) is 2.34. The Kier molecular flexibility index (Phi) is 2.97. The standard InChI is InChI=1S/C16H15N3O3/c17-7-12-5-10(8-21-12)15(20)18-11-3-4-13-14(6-11)22-16(19-13)9-1-2-9/h3-6,8-9H,1-2,7,17H2,(H,18,20). The lowest BCUT2D eigenvalue weighted by Gasteiger charge is -2.02. The average Bonchev–Trinajstić information content (AvgIpc) is 3.11. The molecule has 0 spiro atoms. The van der Waals surface area contributed by atoms with Crippen LogP contribution in [0.3, 0.4) is 0 Å². The fraction of sp³-hybridized carbons (Fsp3) is 0.250. The van der Waals surface area contributed by atoms with Crippen molar-refractivity contribution >= 4 is 22.7 Å². The number of benzene rings is 1. The highest BCUT2D eigenvalue weighted by atomic mass is 16.3. The zero-order chi connectivity index (χ0) is 15.1. The van der Waals surface area contributed by atoms with Gasteiger partial charge in [-0.25, -0.2) is 4.98 Å². The Balaban J connectivity index is 1.56. The van der Waals surface area contributed by atoms with Gasteiger partial charge >= 0.3 is 0 Å². The molecule has 3 N–H and O–H groups in total. The second-order valence-electron chi connectivity index (χ2n) is 5.47. The van der Waals surface area contributed by atoms with E-state index in [4.69, 9.17) is 14.6 Å². The lowest BCUT2D eigenvalue weighted by Crippen LogP contribution is -2.10. The number of anilines is 1. The summed E-state index contributed by atoms with van der Waals surface area (Å²) in [5.74, 6) is 1.58. The van der Waals surface area contributed by atoms with Crippen LogP contribution in [0.15, 0.2) is 39.4 Å². The zero-order valence-corrected chi connectivity index (χ0v) is 11.8. The van der Waals surface area contributed by atoms with E-state index in [1.807, 2.05) is 12.1 Å². The van der Waals surface area contributed by atoms with Crippen molar-refractivity contribution in [3.05, 3.63) is 47.7 Å². The first kappa shape index (κ1) is 13.1. The molecule has 0 atom stereocenters. The first-order valence-electron chi connectivity index (χ1n) is 7.22. The predicted molar refractivity (Wildman–Crippen MR) is 80.5 cm³/mol. The molecule has 1 aromatic carbocycles. The Morgan fingerprint density at radius 3 is 2.95 bits per heavy atom. The van der Waals surface area contributed by atoms with Crippen molar-refractivity contribution in [2.24, 2.45) is 5.73 Å². The Morgan fingerprint density at radius 2 is 2.23 bits per heavy atom. The number of rotatable bonds is 4. The molecular formula is C16H15N3O3. The molecule has 1 saturated carbocycles. The summed E-state index contributed by atoms with van der Waals surface area (Å²) in [6.07, 6.45) is 3.68. The van der Waals surface area contributed by atoms with Gasteiger partial charge in [0.05, 0.1) is 12.1 Å². The molecule has 22 heavy (non-hydrogen) atoms. The Labute approximate surface area is 126 Å². The normalized spacial score (nSPS) is 14.4. The zero-order valence-electron chi connectivity index (χ0n) is 11.8. The van der Waals surface area contributed by atoms with Crippen molar-refractivity contribution in [2.45, 2.75) is 25.3 Å². The molecule has 0 aliphatic heterocycles. The highest BCUT2D eigenvalue weighted by molar-refractivity contribution is 6.04. The van der Waals surface area contributed by atoms with E-state index in [1.165, 1.54) is 6.26 Å². The molecule has 4 rings (SSSR count). The number of amides is 1. The van der Waals surface area contributed by atoms with Crippen LogP contribution in [0, 0.1) is 0 Å². The summed E-state index contributed by atoms with van der Waals surface area (Å²) in [6, 6.07) is 7.08. The summed E-state index contributed by atoms with van der Waals surface area (Å²) in [5.41, 5.74) is 8.07. The van der Waals surface area contributed by atoms with Crippen LogP contribution in [0.25, 0.3) is 11.1 Å². The van der Waals surface area contributed by atoms with Gasteiger partial charge in [0.15, 0.2) is 11.5 Å². The minimum atomic E-state index is -0.246. The fourth-order valence-corrected chi connectivity index (χ4v) is 2.34. The molecule has 3 aromatic rings. The first-order valence-corrected chi connectivity index (χ1v) is 7.22. The van der Waals surface area contributed by atoms with Crippen molar-refractivity contribution in [2.75, 3.05) is 5.32 Å². The Hall–Kier alpha value is -2.60. The van der Waals surface area contributed by atoms with Crippen molar-refractivity contribution < 1.29 is 13.6 Å². The molecular weight excluding hydrogens is 282 g/mol. The Morgan fingerprint density at radius 1 is 1.36 bits per heavy atom. The largest absolute Gasteiger partial charge is 0.467 e. The molecule has 6 heteroatoms. The minimum absolute atomic E-state index is 0.246. The summed E-state index contributed by atoms with van der Waals surface area (Å²) in [4.78, 5) is 16.6. The van der Waals surface area contributed by atoms with E-state index in [-0.39, 0.29) is 12.5 Å². The van der Waals surface area contributed by atoms with Gasteiger partial charge in [0.2, 0.25) is 0 Å². The second-order valence-corrected chi connectivity index (χ2v) is 5.47. The number of carbonyl (C=O) groups is 1. The number of fused-ring (bicyclic) bond motifs is 1. The van der Waals surface area contributed by atoms with E-state index >= 15 is 0 Å². The van der Waals surface area contributed by atoms with Crippen molar-refractivity contribution in [1.82, 2.24) is 4.98 Å². The molecule has 1 fully saturated rings. The van der Waals surface area contributed by atoms with Gasteiger partial charge in [0, 0.05) is 17.7 Å². The number of carbonyl (C=O) groups excluding carboxylic acids is 1. The van der Waals surface area contributed by atoms with Gasteiger partial charge in [-0.3, -0.25) is 4.79 Å². The SMILES string of the molecule is NCc1cc(C(=O)Nc2ccc3nc(C4CC4)oc3c2)co1. The lowest BCUT2D eigenvalue weighted by atomic mass is 10.2. The van der Waals surface area contributed by atoms with Crippen LogP contribution in [0.1, 0.15) is 40.8 Å². The summed E-state index contributed by atoms with van der Waals surface area (Å²) in [5, 5.41) is 2.81. The van der Waals surface area contributed by atoms with Gasteiger partial charge in [-0.1, -0.05) is 0 Å². The molecule has 0 radical (unpaired) electrons. The quantitative estimate of drug-likeness (QED) is 0.772. The van der Waals surface area contributed by atoms with Gasteiger partial charge in [0.25, 0.3) is 5.91 Å². The number of nitrogens with zero attached hydrogens (tertiary/aromatic N) is 1. The molecule has 0 unspecified atom stereocenters. The van der Waals surface area contributed by atoms with Crippen LogP contribution in [0.5, 0.6) is 0 Å². The predicted octanol–water partition coefficient (Wildman–Crippen LogP) is 3.01. The number of nitrogens with one attached hydrogen (secondary N) is 1. The summed E-state index contributed by atoms with van der Waals surface area (Å²) < 4.78 is 10.9. The van der Waals surface area contributed by atoms with Crippen LogP contribution in [-0.2, 0) is 6.54 Å². The van der Waals surface area contributed by atoms with E-state index in [1.54, 1.807) is 12.1 Å². The maximum absolute atomic E-state index is 12.1. The number of aromatic nitrogens is 1. The Bertz CT molecular complexity index is 845. The highest BCUT2D eigenvalue weighted by Gasteiger charge is 2.28. The molecule has 1 aliphatic carbocycles. The lowest BCUT2D eigenvalue weighted by molar-refractivity contribution is 0.102. The monoisotopic (exact) mass is 297 g/mol. The molecule has 0 bridgehead atoms. The third kappa shape index (κ3) is 2.37. The van der Waals surface area contributed by atoms with E-state index in [0.717, 1.165) is 24.2 Å². The van der Waals surface area contributed by atoms with E-state index < -0.39 is 0 Å². The third-order valence-corrected chi connectivity index (χ3v) is 3.71. The number of oxazole rings is 1. The second kappa shape index (κ2) is 4.99. The van der Waals surface area contributed by atoms with Crippen molar-refractivity contribution in [3.63, 3.8) is 0 Å². The third-order valence-electron chi connectivity index (χ3n) is 3.71. The van der Waals surface area contributed by atoms with Crippen LogP contribution >= 0.6 is 0 Å². The van der Waals surface area contributed by atoms with Gasteiger partial charge in [0.1, 0.15) is 17.5 Å². The number of furan rings is 1. The molecule has 2 aromatic heterocycles. The first-order chi connectivity index (χ1) is 10.7. The summed E-state index contributed by atoms with van der Waals surface area (Å²) >= 11 is 0. The summed E-state index contributed by atoms with van der Waals surface area (Å²) in [7, 11) is 0. The highest BCUT2D eigenvalue weighted by Crippen LogP contribution is 2.40. The molecule has 2 heterocycles.